The molecule has 0 aromatic rings. The van der Waals surface area contributed by atoms with E-state index in [1.165, 1.54) is 25.7 Å². The summed E-state index contributed by atoms with van der Waals surface area (Å²) in [7, 11) is 0. The van der Waals surface area contributed by atoms with Crippen molar-refractivity contribution in [3.63, 3.8) is 0 Å². The number of hydrogen-bond acceptors (Lipinski definition) is 3. The lowest BCUT2D eigenvalue weighted by atomic mass is 10.1. The number of thioether (sulfide) groups is 1. The maximum Gasteiger partial charge on any atom is 0.159 e. The van der Waals surface area contributed by atoms with Gasteiger partial charge in [0.15, 0.2) is 5.17 Å². The Morgan fingerprint density at radius 1 is 1.58 bits per heavy atom. The van der Waals surface area contributed by atoms with Crippen LogP contribution >= 0.6 is 11.8 Å². The second-order valence-electron chi connectivity index (χ2n) is 2.96. The van der Waals surface area contributed by atoms with Gasteiger partial charge in [-0.2, -0.15) is 0 Å². The van der Waals surface area contributed by atoms with Crippen molar-refractivity contribution in [3.8, 4) is 0 Å². The van der Waals surface area contributed by atoms with E-state index in [1.54, 1.807) is 11.8 Å². The minimum absolute atomic E-state index is 0.564. The molecule has 1 atom stereocenters. The molecule has 0 saturated heterocycles. The Balaban J connectivity index is 2.18. The van der Waals surface area contributed by atoms with Crippen LogP contribution in [0.2, 0.25) is 0 Å². The minimum Gasteiger partial charge on any atom is -0.378 e. The van der Waals surface area contributed by atoms with Crippen molar-refractivity contribution in [1.82, 2.24) is 0 Å². The van der Waals surface area contributed by atoms with E-state index < -0.39 is 0 Å². The highest BCUT2D eigenvalue weighted by Crippen LogP contribution is 2.22. The first kappa shape index (κ1) is 9.65. The highest BCUT2D eigenvalue weighted by atomic mass is 32.2. The predicted octanol–water partition coefficient (Wildman–Crippen LogP) is 2.51. The van der Waals surface area contributed by atoms with E-state index in [1.807, 2.05) is 6.20 Å². The zero-order chi connectivity index (χ0) is 8.81. The lowest BCUT2D eigenvalue weighted by molar-refractivity contribution is 0.681. The zero-order valence-electron chi connectivity index (χ0n) is 7.49. The fraction of sp³-hybridized carbons (Fsp3) is 0.667. The molecule has 0 aliphatic carbocycles. The smallest absolute Gasteiger partial charge is 0.159 e. The van der Waals surface area contributed by atoms with Crippen molar-refractivity contribution in [3.05, 3.63) is 12.3 Å². The Bertz CT molecular complexity index is 187. The van der Waals surface area contributed by atoms with Crippen LogP contribution in [-0.2, 0) is 0 Å². The van der Waals surface area contributed by atoms with E-state index in [2.05, 4.69) is 18.0 Å². The molecule has 0 bridgehead atoms. The summed E-state index contributed by atoms with van der Waals surface area (Å²) in [6, 6.07) is 0. The molecular formula is C9H16N2S. The molecule has 0 fully saturated rings. The monoisotopic (exact) mass is 184 g/mol. The first-order valence-corrected chi connectivity index (χ1v) is 5.37. The fourth-order valence-electron chi connectivity index (χ4n) is 1.19. The third-order valence-electron chi connectivity index (χ3n) is 1.87. The largest absolute Gasteiger partial charge is 0.378 e. The van der Waals surface area contributed by atoms with Crippen molar-refractivity contribution >= 4 is 16.9 Å². The summed E-state index contributed by atoms with van der Waals surface area (Å²) in [4.78, 5) is 3.99. The van der Waals surface area contributed by atoms with Crippen LogP contribution in [0.1, 0.15) is 32.6 Å². The lowest BCUT2D eigenvalue weighted by Gasteiger charge is -2.13. The fourth-order valence-corrected chi connectivity index (χ4v) is 2.05. The topological polar surface area (TPSA) is 38.4 Å². The molecule has 0 saturated carbocycles. The number of aliphatic imine (C=N–C) groups is 1. The van der Waals surface area contributed by atoms with Gasteiger partial charge in [0.25, 0.3) is 0 Å². The molecule has 0 radical (unpaired) electrons. The molecule has 68 valence electrons. The number of nitrogens with two attached hydrogens (primary N) is 1. The van der Waals surface area contributed by atoms with E-state index in [9.17, 15) is 0 Å². The molecule has 0 amide bonds. The van der Waals surface area contributed by atoms with Crippen LogP contribution in [0.25, 0.3) is 0 Å². The first-order valence-electron chi connectivity index (χ1n) is 4.49. The number of unbranched alkanes of at least 4 members (excludes halogenated alkanes) is 2. The summed E-state index contributed by atoms with van der Waals surface area (Å²) in [5.74, 6) is 0. The Morgan fingerprint density at radius 3 is 3.08 bits per heavy atom. The Hall–Kier alpha value is -0.440. The summed E-state index contributed by atoms with van der Waals surface area (Å²) < 4.78 is 0. The van der Waals surface area contributed by atoms with Crippen LogP contribution in [0.5, 0.6) is 0 Å². The highest BCUT2D eigenvalue weighted by molar-refractivity contribution is 8.14. The van der Waals surface area contributed by atoms with Crippen molar-refractivity contribution in [2.75, 3.05) is 0 Å². The standard InChI is InChI=1S/C9H16N2S/c1-2-3-4-5-8-6-7-11-9(10)12-8/h6-8H,2-5H2,1H3,(H2,10,11). The number of hydrogen-bond donors (Lipinski definition) is 1. The Morgan fingerprint density at radius 2 is 2.42 bits per heavy atom. The SMILES string of the molecule is CCCCCC1C=CN=C(N)S1. The van der Waals surface area contributed by atoms with E-state index >= 15 is 0 Å². The molecule has 0 aromatic heterocycles. The van der Waals surface area contributed by atoms with Crippen LogP contribution in [0.3, 0.4) is 0 Å². The molecule has 1 aliphatic heterocycles. The van der Waals surface area contributed by atoms with Gasteiger partial charge >= 0.3 is 0 Å². The maximum absolute atomic E-state index is 5.59. The van der Waals surface area contributed by atoms with Gasteiger partial charge in [0.1, 0.15) is 0 Å². The van der Waals surface area contributed by atoms with E-state index in [4.69, 9.17) is 5.73 Å². The summed E-state index contributed by atoms with van der Waals surface area (Å²) in [6.07, 6.45) is 9.09. The molecule has 0 spiro atoms. The van der Waals surface area contributed by atoms with Gasteiger partial charge in [-0.1, -0.05) is 44.0 Å². The molecule has 2 N–H and O–H groups in total. The zero-order valence-corrected chi connectivity index (χ0v) is 8.31. The average Bonchev–Trinajstić information content (AvgIpc) is 2.05. The van der Waals surface area contributed by atoms with E-state index in [-0.39, 0.29) is 0 Å². The van der Waals surface area contributed by atoms with Gasteiger partial charge in [0.2, 0.25) is 0 Å². The van der Waals surface area contributed by atoms with Gasteiger partial charge in [0.05, 0.1) is 0 Å². The molecule has 1 aliphatic rings. The Labute approximate surface area is 78.3 Å². The van der Waals surface area contributed by atoms with E-state index in [0.29, 0.717) is 10.4 Å². The normalized spacial score (nSPS) is 22.4. The molecule has 1 rings (SSSR count). The van der Waals surface area contributed by atoms with Crippen molar-refractivity contribution in [2.24, 2.45) is 10.7 Å². The number of amidine groups is 1. The van der Waals surface area contributed by atoms with Gasteiger partial charge in [-0.25, -0.2) is 4.99 Å². The maximum atomic E-state index is 5.59. The van der Waals surface area contributed by atoms with Crippen LogP contribution < -0.4 is 5.73 Å². The summed E-state index contributed by atoms with van der Waals surface area (Å²) in [5, 5.41) is 1.27. The molecule has 3 heteroatoms. The summed E-state index contributed by atoms with van der Waals surface area (Å²) in [6.45, 7) is 2.22. The summed E-state index contributed by atoms with van der Waals surface area (Å²) in [5.41, 5.74) is 5.59. The number of nitrogens with zero attached hydrogens (tertiary/aromatic N) is 1. The average molecular weight is 184 g/mol. The molecule has 2 nitrogen and oxygen atoms in total. The molecule has 1 unspecified atom stereocenters. The second-order valence-corrected chi connectivity index (χ2v) is 4.22. The predicted molar refractivity (Wildman–Crippen MR) is 56.3 cm³/mol. The highest BCUT2D eigenvalue weighted by Gasteiger charge is 2.09. The molecular weight excluding hydrogens is 168 g/mol. The molecule has 12 heavy (non-hydrogen) atoms. The third-order valence-corrected chi connectivity index (χ3v) is 2.91. The second kappa shape index (κ2) is 5.25. The van der Waals surface area contributed by atoms with Gasteiger partial charge in [-0.3, -0.25) is 0 Å². The Kier molecular flexibility index (Phi) is 4.22. The van der Waals surface area contributed by atoms with Crippen LogP contribution in [0, 0.1) is 0 Å². The lowest BCUT2D eigenvalue weighted by Crippen LogP contribution is -2.14. The van der Waals surface area contributed by atoms with Gasteiger partial charge in [-0.15, -0.1) is 0 Å². The van der Waals surface area contributed by atoms with Gasteiger partial charge in [0, 0.05) is 11.4 Å². The van der Waals surface area contributed by atoms with Crippen molar-refractivity contribution in [2.45, 2.75) is 37.9 Å². The van der Waals surface area contributed by atoms with Gasteiger partial charge in [-0.05, 0) is 6.42 Å². The van der Waals surface area contributed by atoms with Crippen LogP contribution in [0.4, 0.5) is 0 Å². The molecule has 1 heterocycles. The quantitative estimate of drug-likeness (QED) is 0.682. The van der Waals surface area contributed by atoms with Crippen LogP contribution in [-0.4, -0.2) is 10.4 Å². The minimum atomic E-state index is 0.564. The van der Waals surface area contributed by atoms with Crippen molar-refractivity contribution in [1.29, 1.82) is 0 Å². The van der Waals surface area contributed by atoms with Crippen LogP contribution in [0.15, 0.2) is 17.3 Å². The van der Waals surface area contributed by atoms with Gasteiger partial charge < -0.3 is 5.73 Å². The van der Waals surface area contributed by atoms with Crippen molar-refractivity contribution < 1.29 is 0 Å². The third kappa shape index (κ3) is 3.30. The number of rotatable bonds is 4. The van der Waals surface area contributed by atoms with E-state index in [0.717, 1.165) is 0 Å². The molecule has 0 aromatic carbocycles. The first-order chi connectivity index (χ1) is 5.83. The summed E-state index contributed by atoms with van der Waals surface area (Å²) >= 11 is 1.68.